The van der Waals surface area contributed by atoms with Crippen molar-refractivity contribution in [1.82, 2.24) is 0 Å². The van der Waals surface area contributed by atoms with Crippen LogP contribution in [0.5, 0.6) is 5.75 Å². The third kappa shape index (κ3) is 5.69. The Morgan fingerprint density at radius 2 is 1.80 bits per heavy atom. The third-order valence-electron chi connectivity index (χ3n) is 5.61. The Kier molecular flexibility index (Phi) is 8.44. The molecule has 0 amide bonds. The summed E-state index contributed by atoms with van der Waals surface area (Å²) in [7, 11) is 0. The quantitative estimate of drug-likeness (QED) is 0.314. The molecule has 0 saturated carbocycles. The van der Waals surface area contributed by atoms with Crippen molar-refractivity contribution in [3.63, 3.8) is 0 Å². The predicted octanol–water partition coefficient (Wildman–Crippen LogP) is 7.43. The molecule has 162 valence electrons. The smallest absolute Gasteiger partial charge is 0.201 e. The van der Waals surface area contributed by atoms with E-state index in [-0.39, 0.29) is 17.4 Å². The number of allylic oxidation sites excluding steroid dienone is 1. The maximum Gasteiger partial charge on any atom is 0.201 e. The van der Waals surface area contributed by atoms with E-state index in [1.165, 1.54) is 11.6 Å². The fraction of sp³-hybridized carbons (Fsp3) is 0.462. The second-order valence-electron chi connectivity index (χ2n) is 7.93. The van der Waals surface area contributed by atoms with Gasteiger partial charge in [0.1, 0.15) is 0 Å². The van der Waals surface area contributed by atoms with Crippen molar-refractivity contribution >= 4 is 0 Å². The molecule has 1 aliphatic heterocycles. The van der Waals surface area contributed by atoms with Crippen molar-refractivity contribution in [2.24, 2.45) is 0 Å². The first-order valence-corrected chi connectivity index (χ1v) is 11.1. The van der Waals surface area contributed by atoms with Crippen molar-refractivity contribution < 1.29 is 18.3 Å². The summed E-state index contributed by atoms with van der Waals surface area (Å²) in [6.07, 6.45) is 10.7. The molecule has 3 rings (SSSR count). The highest BCUT2D eigenvalue weighted by Crippen LogP contribution is 2.33. The molecule has 2 aromatic rings. The molecular weight excluding hydrogens is 382 g/mol. The van der Waals surface area contributed by atoms with Crippen LogP contribution >= 0.6 is 0 Å². The standard InChI is InChI=1S/C26H32F2O2/c1-3-5-7-8-22-14-13-21(18-30-22)19-9-11-20(12-10-19)23-15-16-24(26(28)25(23)27)29-17-6-4-2/h7-12,15-16,21-22H,3-6,13-14,17-18H2,1-2H3/b8-7+. The van der Waals surface area contributed by atoms with Gasteiger partial charge in [-0.05, 0) is 48.9 Å². The molecule has 1 fully saturated rings. The molecule has 1 aliphatic rings. The molecule has 30 heavy (non-hydrogen) atoms. The van der Waals surface area contributed by atoms with Gasteiger partial charge in [0.15, 0.2) is 11.6 Å². The fourth-order valence-corrected chi connectivity index (χ4v) is 3.73. The van der Waals surface area contributed by atoms with Gasteiger partial charge in [-0.1, -0.05) is 63.1 Å². The molecule has 2 atom stereocenters. The highest BCUT2D eigenvalue weighted by atomic mass is 19.2. The monoisotopic (exact) mass is 414 g/mol. The van der Waals surface area contributed by atoms with Crippen molar-refractivity contribution in [2.45, 2.75) is 64.4 Å². The van der Waals surface area contributed by atoms with E-state index >= 15 is 0 Å². The van der Waals surface area contributed by atoms with Crippen LogP contribution in [-0.2, 0) is 4.74 Å². The largest absolute Gasteiger partial charge is 0.490 e. The minimum atomic E-state index is -0.921. The Balaban J connectivity index is 1.64. The van der Waals surface area contributed by atoms with Gasteiger partial charge in [0, 0.05) is 11.5 Å². The molecule has 0 bridgehead atoms. The Morgan fingerprint density at radius 3 is 2.47 bits per heavy atom. The first-order valence-electron chi connectivity index (χ1n) is 11.1. The summed E-state index contributed by atoms with van der Waals surface area (Å²) in [5.41, 5.74) is 2.09. The van der Waals surface area contributed by atoms with Crippen LogP contribution in [0.2, 0.25) is 0 Å². The molecule has 0 aromatic heterocycles. The maximum absolute atomic E-state index is 14.6. The van der Waals surface area contributed by atoms with Crippen LogP contribution in [0.3, 0.4) is 0 Å². The summed E-state index contributed by atoms with van der Waals surface area (Å²) in [5.74, 6) is -1.47. The molecular formula is C26H32F2O2. The lowest BCUT2D eigenvalue weighted by Crippen LogP contribution is -2.23. The van der Waals surface area contributed by atoms with Crippen molar-refractivity contribution in [3.05, 3.63) is 65.7 Å². The highest BCUT2D eigenvalue weighted by molar-refractivity contribution is 5.65. The predicted molar refractivity (Wildman–Crippen MR) is 118 cm³/mol. The summed E-state index contributed by atoms with van der Waals surface area (Å²) in [4.78, 5) is 0. The van der Waals surface area contributed by atoms with Gasteiger partial charge in [0.05, 0.1) is 19.3 Å². The van der Waals surface area contributed by atoms with Gasteiger partial charge in [-0.15, -0.1) is 0 Å². The summed E-state index contributed by atoms with van der Waals surface area (Å²) in [6.45, 7) is 5.27. The Labute approximate surface area is 178 Å². The van der Waals surface area contributed by atoms with Crippen LogP contribution in [0.15, 0.2) is 48.6 Å². The summed E-state index contributed by atoms with van der Waals surface area (Å²) >= 11 is 0. The van der Waals surface area contributed by atoms with Crippen LogP contribution in [0.1, 0.15) is 63.9 Å². The van der Waals surface area contributed by atoms with Gasteiger partial charge < -0.3 is 9.47 Å². The molecule has 1 heterocycles. The number of rotatable bonds is 9. The lowest BCUT2D eigenvalue weighted by atomic mass is 9.90. The lowest BCUT2D eigenvalue weighted by molar-refractivity contribution is 0.0326. The van der Waals surface area contributed by atoms with Crippen LogP contribution in [0.4, 0.5) is 8.78 Å². The SMILES string of the molecule is CCC/C=C/C1CCC(c2ccc(-c3ccc(OCCCC)c(F)c3F)cc2)CO1. The van der Waals surface area contributed by atoms with E-state index in [0.29, 0.717) is 24.7 Å². The molecule has 4 heteroatoms. The number of hydrogen-bond acceptors (Lipinski definition) is 2. The van der Waals surface area contributed by atoms with Crippen LogP contribution < -0.4 is 4.74 Å². The molecule has 2 nitrogen and oxygen atoms in total. The van der Waals surface area contributed by atoms with Crippen LogP contribution in [0, 0.1) is 11.6 Å². The molecule has 2 unspecified atom stereocenters. The second-order valence-corrected chi connectivity index (χ2v) is 7.93. The van der Waals surface area contributed by atoms with E-state index in [1.54, 1.807) is 6.07 Å². The Hall–Kier alpha value is -2.20. The Bertz CT molecular complexity index is 822. The number of ether oxygens (including phenoxy) is 2. The van der Waals surface area contributed by atoms with Gasteiger partial charge in [0.2, 0.25) is 5.82 Å². The highest BCUT2D eigenvalue weighted by Gasteiger charge is 2.22. The summed E-state index contributed by atoms with van der Waals surface area (Å²) < 4.78 is 40.3. The second kappa shape index (κ2) is 11.3. The maximum atomic E-state index is 14.6. The first kappa shape index (κ1) is 22.5. The lowest BCUT2D eigenvalue weighted by Gasteiger charge is -2.28. The van der Waals surface area contributed by atoms with Gasteiger partial charge in [-0.3, -0.25) is 0 Å². The average molecular weight is 415 g/mol. The van der Waals surface area contributed by atoms with E-state index in [0.717, 1.165) is 38.5 Å². The number of halogens is 2. The van der Waals surface area contributed by atoms with E-state index in [1.807, 2.05) is 31.2 Å². The third-order valence-corrected chi connectivity index (χ3v) is 5.61. The van der Waals surface area contributed by atoms with Crippen molar-refractivity contribution in [3.8, 4) is 16.9 Å². The van der Waals surface area contributed by atoms with E-state index in [4.69, 9.17) is 9.47 Å². The number of benzene rings is 2. The minimum Gasteiger partial charge on any atom is -0.490 e. The summed E-state index contributed by atoms with van der Waals surface area (Å²) in [5, 5.41) is 0. The van der Waals surface area contributed by atoms with E-state index in [9.17, 15) is 8.78 Å². The van der Waals surface area contributed by atoms with Gasteiger partial charge in [-0.2, -0.15) is 4.39 Å². The van der Waals surface area contributed by atoms with Gasteiger partial charge >= 0.3 is 0 Å². The molecule has 1 saturated heterocycles. The van der Waals surface area contributed by atoms with Gasteiger partial charge in [-0.25, -0.2) is 4.39 Å². The first-order chi connectivity index (χ1) is 14.6. The minimum absolute atomic E-state index is 0.0248. The van der Waals surface area contributed by atoms with Crippen LogP contribution in [-0.4, -0.2) is 19.3 Å². The topological polar surface area (TPSA) is 18.5 Å². The molecule has 0 spiro atoms. The molecule has 0 radical (unpaired) electrons. The summed E-state index contributed by atoms with van der Waals surface area (Å²) in [6, 6.07) is 10.8. The van der Waals surface area contributed by atoms with Crippen molar-refractivity contribution in [1.29, 1.82) is 0 Å². The van der Waals surface area contributed by atoms with Crippen molar-refractivity contribution in [2.75, 3.05) is 13.2 Å². The zero-order valence-corrected chi connectivity index (χ0v) is 18.0. The number of unbranched alkanes of at least 4 members (excludes halogenated alkanes) is 2. The fourth-order valence-electron chi connectivity index (χ4n) is 3.73. The normalized spacial score (nSPS) is 19.3. The zero-order valence-electron chi connectivity index (χ0n) is 18.0. The molecule has 0 N–H and O–H groups in total. The average Bonchev–Trinajstić information content (AvgIpc) is 2.78. The van der Waals surface area contributed by atoms with Gasteiger partial charge in [0.25, 0.3) is 0 Å². The molecule has 2 aromatic carbocycles. The zero-order chi connectivity index (χ0) is 21.3. The van der Waals surface area contributed by atoms with Crippen LogP contribution in [0.25, 0.3) is 11.1 Å². The van der Waals surface area contributed by atoms with E-state index in [2.05, 4.69) is 19.1 Å². The van der Waals surface area contributed by atoms with E-state index < -0.39 is 11.6 Å². The molecule has 0 aliphatic carbocycles. The Morgan fingerprint density at radius 1 is 1.00 bits per heavy atom. The number of hydrogen-bond donors (Lipinski definition) is 0.